The summed E-state index contributed by atoms with van der Waals surface area (Å²) in [5.74, 6) is 1.45. The highest BCUT2D eigenvalue weighted by atomic mass is 16.3. The van der Waals surface area contributed by atoms with Crippen molar-refractivity contribution in [2.75, 3.05) is 0 Å². The molecule has 4 aliphatic carbocycles. The van der Waals surface area contributed by atoms with Gasteiger partial charge in [-0.1, -0.05) is 6.42 Å². The molecule has 0 aromatic heterocycles. The number of carbonyl (C=O) groups excluding carboxylic acids is 1. The molecule has 0 heterocycles. The predicted octanol–water partition coefficient (Wildman–Crippen LogP) is 1.91. The van der Waals surface area contributed by atoms with Crippen LogP contribution in [0.25, 0.3) is 0 Å². The Morgan fingerprint density at radius 2 is 2.14 bits per heavy atom. The molecule has 0 saturated heterocycles. The van der Waals surface area contributed by atoms with Crippen molar-refractivity contribution in [2.45, 2.75) is 51.0 Å². The van der Waals surface area contributed by atoms with Gasteiger partial charge in [-0.3, -0.25) is 4.79 Å². The third-order valence-corrected chi connectivity index (χ3v) is 4.99. The topological polar surface area (TPSA) is 37.3 Å². The molecule has 0 aromatic rings. The lowest BCUT2D eigenvalue weighted by atomic mass is 9.49. The number of ketones is 1. The Kier molecular flexibility index (Phi) is 1.79. The van der Waals surface area contributed by atoms with E-state index in [1.54, 1.807) is 0 Å². The van der Waals surface area contributed by atoms with Gasteiger partial charge in [0.1, 0.15) is 5.78 Å². The van der Waals surface area contributed by atoms with Gasteiger partial charge in [0.15, 0.2) is 0 Å². The first-order valence-corrected chi connectivity index (χ1v) is 5.93. The molecule has 4 fully saturated rings. The van der Waals surface area contributed by atoms with Crippen molar-refractivity contribution in [1.29, 1.82) is 0 Å². The molecule has 78 valence electrons. The Bertz CT molecular complexity index is 273. The van der Waals surface area contributed by atoms with Crippen LogP contribution in [0.1, 0.15) is 44.9 Å². The van der Waals surface area contributed by atoms with Crippen molar-refractivity contribution < 1.29 is 9.90 Å². The Morgan fingerprint density at radius 3 is 2.93 bits per heavy atom. The standard InChI is InChI=1S/C12H18O2/c13-10-7-12-5-4-8(10)6-9(12)2-1-3-11(12)14/h8-9,11,14H,1-7H2/t8-,9+,11?,12+/m0/s1. The maximum absolute atomic E-state index is 11.7. The number of fused-ring (bicyclic) bond motifs is 2. The second-order valence-corrected chi connectivity index (χ2v) is 5.49. The minimum atomic E-state index is -0.188. The maximum Gasteiger partial charge on any atom is 0.136 e. The first kappa shape index (κ1) is 8.90. The van der Waals surface area contributed by atoms with Crippen LogP contribution in [0, 0.1) is 17.3 Å². The first-order chi connectivity index (χ1) is 6.72. The third kappa shape index (κ3) is 0.979. The fourth-order valence-corrected chi connectivity index (χ4v) is 4.14. The van der Waals surface area contributed by atoms with Gasteiger partial charge >= 0.3 is 0 Å². The van der Waals surface area contributed by atoms with E-state index in [0.717, 1.165) is 32.1 Å². The van der Waals surface area contributed by atoms with Crippen molar-refractivity contribution in [1.82, 2.24) is 0 Å². The summed E-state index contributed by atoms with van der Waals surface area (Å²) in [6.45, 7) is 0. The number of hydrogen-bond donors (Lipinski definition) is 1. The lowest BCUT2D eigenvalue weighted by Gasteiger charge is -2.56. The molecule has 1 spiro atoms. The Morgan fingerprint density at radius 1 is 1.29 bits per heavy atom. The molecule has 4 saturated carbocycles. The number of carbonyl (C=O) groups is 1. The van der Waals surface area contributed by atoms with Gasteiger partial charge < -0.3 is 5.11 Å². The van der Waals surface area contributed by atoms with Crippen LogP contribution in [0.4, 0.5) is 0 Å². The number of rotatable bonds is 0. The van der Waals surface area contributed by atoms with E-state index < -0.39 is 0 Å². The zero-order valence-corrected chi connectivity index (χ0v) is 8.54. The lowest BCUT2D eigenvalue weighted by Crippen LogP contribution is -2.55. The van der Waals surface area contributed by atoms with Crippen LogP contribution in [0.2, 0.25) is 0 Å². The summed E-state index contributed by atoms with van der Waals surface area (Å²) in [6, 6.07) is 0. The van der Waals surface area contributed by atoms with Crippen molar-refractivity contribution in [3.63, 3.8) is 0 Å². The van der Waals surface area contributed by atoms with Crippen molar-refractivity contribution in [3.8, 4) is 0 Å². The van der Waals surface area contributed by atoms with E-state index in [1.807, 2.05) is 0 Å². The minimum absolute atomic E-state index is 0.0179. The molecule has 0 aliphatic heterocycles. The molecular formula is C12H18O2. The second kappa shape index (κ2) is 2.82. The summed E-state index contributed by atoms with van der Waals surface area (Å²) < 4.78 is 0. The fraction of sp³-hybridized carbons (Fsp3) is 0.917. The van der Waals surface area contributed by atoms with Gasteiger partial charge in [-0.05, 0) is 38.0 Å². The third-order valence-electron chi connectivity index (χ3n) is 4.99. The predicted molar refractivity (Wildman–Crippen MR) is 52.7 cm³/mol. The number of aliphatic hydroxyl groups is 1. The molecule has 0 amide bonds. The van der Waals surface area contributed by atoms with Gasteiger partial charge in [0.2, 0.25) is 0 Å². The molecule has 14 heavy (non-hydrogen) atoms. The SMILES string of the molecule is O=C1C[C@]23CC[C@H]1C[C@H]2CCCC3O. The van der Waals surface area contributed by atoms with E-state index in [-0.39, 0.29) is 11.5 Å². The van der Waals surface area contributed by atoms with Gasteiger partial charge in [-0.25, -0.2) is 0 Å². The molecule has 2 bridgehead atoms. The van der Waals surface area contributed by atoms with E-state index >= 15 is 0 Å². The highest BCUT2D eigenvalue weighted by molar-refractivity contribution is 5.83. The summed E-state index contributed by atoms with van der Waals surface area (Å²) >= 11 is 0. The summed E-state index contributed by atoms with van der Waals surface area (Å²) in [5.41, 5.74) is 0.0179. The molecule has 4 atom stereocenters. The minimum Gasteiger partial charge on any atom is -0.393 e. The molecular weight excluding hydrogens is 176 g/mol. The average molecular weight is 194 g/mol. The molecule has 2 heteroatoms. The van der Waals surface area contributed by atoms with Gasteiger partial charge in [0.05, 0.1) is 6.10 Å². The Labute approximate surface area is 84.7 Å². The van der Waals surface area contributed by atoms with Crippen molar-refractivity contribution >= 4 is 5.78 Å². The van der Waals surface area contributed by atoms with Gasteiger partial charge in [-0.15, -0.1) is 0 Å². The zero-order chi connectivity index (χ0) is 9.76. The quantitative estimate of drug-likeness (QED) is 0.639. The van der Waals surface area contributed by atoms with Gasteiger partial charge in [-0.2, -0.15) is 0 Å². The van der Waals surface area contributed by atoms with Crippen LogP contribution < -0.4 is 0 Å². The maximum atomic E-state index is 11.7. The van der Waals surface area contributed by atoms with Crippen LogP contribution >= 0.6 is 0 Å². The molecule has 4 aliphatic rings. The zero-order valence-electron chi connectivity index (χ0n) is 8.54. The summed E-state index contributed by atoms with van der Waals surface area (Å²) in [7, 11) is 0. The smallest absolute Gasteiger partial charge is 0.136 e. The van der Waals surface area contributed by atoms with Crippen LogP contribution in [0.5, 0.6) is 0 Å². The van der Waals surface area contributed by atoms with Crippen molar-refractivity contribution in [3.05, 3.63) is 0 Å². The van der Waals surface area contributed by atoms with E-state index in [4.69, 9.17) is 0 Å². The second-order valence-electron chi connectivity index (χ2n) is 5.49. The van der Waals surface area contributed by atoms with Gasteiger partial charge in [0.25, 0.3) is 0 Å². The Balaban J connectivity index is 1.96. The molecule has 1 unspecified atom stereocenters. The number of hydrogen-bond acceptors (Lipinski definition) is 2. The van der Waals surface area contributed by atoms with E-state index in [9.17, 15) is 9.90 Å². The summed E-state index contributed by atoms with van der Waals surface area (Å²) in [6.07, 6.45) is 7.07. The molecule has 0 radical (unpaired) electrons. The molecule has 1 N–H and O–H groups in total. The lowest BCUT2D eigenvalue weighted by molar-refractivity contribution is -0.157. The Hall–Kier alpha value is -0.370. The molecule has 2 nitrogen and oxygen atoms in total. The van der Waals surface area contributed by atoms with E-state index in [1.165, 1.54) is 6.42 Å². The average Bonchev–Trinajstić information content (AvgIpc) is 2.19. The number of aliphatic hydroxyl groups excluding tert-OH is 1. The summed E-state index contributed by atoms with van der Waals surface area (Å²) in [4.78, 5) is 11.7. The van der Waals surface area contributed by atoms with Crippen LogP contribution in [0.3, 0.4) is 0 Å². The molecule has 4 rings (SSSR count). The van der Waals surface area contributed by atoms with Crippen LogP contribution in [0.15, 0.2) is 0 Å². The van der Waals surface area contributed by atoms with E-state index in [2.05, 4.69) is 0 Å². The van der Waals surface area contributed by atoms with E-state index in [0.29, 0.717) is 24.0 Å². The first-order valence-electron chi connectivity index (χ1n) is 5.93. The normalized spacial score (nSPS) is 51.8. The largest absolute Gasteiger partial charge is 0.393 e. The fourth-order valence-electron chi connectivity index (χ4n) is 4.14. The highest BCUT2D eigenvalue weighted by Gasteiger charge is 2.55. The van der Waals surface area contributed by atoms with Gasteiger partial charge in [0, 0.05) is 17.8 Å². The monoisotopic (exact) mass is 194 g/mol. The van der Waals surface area contributed by atoms with Crippen molar-refractivity contribution in [2.24, 2.45) is 17.3 Å². The number of Topliss-reactive ketones (excluding diaryl/α,β-unsaturated/α-hetero) is 1. The van der Waals surface area contributed by atoms with Crippen LogP contribution in [-0.2, 0) is 4.79 Å². The van der Waals surface area contributed by atoms with Crippen LogP contribution in [-0.4, -0.2) is 17.0 Å². The summed E-state index contributed by atoms with van der Waals surface area (Å²) in [5, 5.41) is 10.1. The molecule has 0 aromatic carbocycles. The highest BCUT2D eigenvalue weighted by Crippen LogP contribution is 2.58.